The zero-order valence-corrected chi connectivity index (χ0v) is 10.8. The molecule has 0 bridgehead atoms. The van der Waals surface area contributed by atoms with Crippen LogP contribution < -0.4 is 5.32 Å². The first kappa shape index (κ1) is 12.3. The molecule has 2 atom stereocenters. The second-order valence-electron chi connectivity index (χ2n) is 5.70. The van der Waals surface area contributed by atoms with E-state index in [4.69, 9.17) is 9.47 Å². The maximum absolute atomic E-state index is 6.36. The van der Waals surface area contributed by atoms with Crippen molar-refractivity contribution in [1.82, 2.24) is 5.32 Å². The summed E-state index contributed by atoms with van der Waals surface area (Å²) in [6, 6.07) is 0. The Morgan fingerprint density at radius 3 is 2.56 bits per heavy atom. The molecular formula is C13H25NO2. The van der Waals surface area contributed by atoms with Gasteiger partial charge in [0.05, 0.1) is 11.7 Å². The van der Waals surface area contributed by atoms with Crippen LogP contribution in [0.4, 0.5) is 0 Å². The number of ether oxygens (including phenoxy) is 2. The Morgan fingerprint density at radius 1 is 1.25 bits per heavy atom. The summed E-state index contributed by atoms with van der Waals surface area (Å²) in [6.07, 6.45) is 2.69. The van der Waals surface area contributed by atoms with Crippen LogP contribution in [-0.4, -0.2) is 38.0 Å². The highest BCUT2D eigenvalue weighted by Crippen LogP contribution is 2.31. The molecule has 16 heavy (non-hydrogen) atoms. The van der Waals surface area contributed by atoms with E-state index in [2.05, 4.69) is 26.1 Å². The quantitative estimate of drug-likeness (QED) is 0.780. The summed E-state index contributed by atoms with van der Waals surface area (Å²) in [6.45, 7) is 10.5. The van der Waals surface area contributed by atoms with E-state index in [-0.39, 0.29) is 5.60 Å². The molecule has 94 valence electrons. The van der Waals surface area contributed by atoms with Gasteiger partial charge >= 0.3 is 0 Å². The second-order valence-corrected chi connectivity index (χ2v) is 5.70. The van der Waals surface area contributed by atoms with E-state index in [0.717, 1.165) is 39.1 Å². The van der Waals surface area contributed by atoms with Gasteiger partial charge < -0.3 is 14.8 Å². The average Bonchev–Trinajstić information content (AvgIpc) is 2.30. The molecule has 0 aromatic rings. The van der Waals surface area contributed by atoms with Crippen LogP contribution >= 0.6 is 0 Å². The van der Waals surface area contributed by atoms with Gasteiger partial charge in [-0.2, -0.15) is 0 Å². The van der Waals surface area contributed by atoms with Crippen molar-refractivity contribution in [2.75, 3.05) is 26.3 Å². The van der Waals surface area contributed by atoms with Gasteiger partial charge in [0, 0.05) is 26.3 Å². The van der Waals surface area contributed by atoms with Gasteiger partial charge in [0.25, 0.3) is 0 Å². The van der Waals surface area contributed by atoms with Gasteiger partial charge in [-0.1, -0.05) is 13.8 Å². The summed E-state index contributed by atoms with van der Waals surface area (Å²) < 4.78 is 11.8. The standard InChI is InChI=1S/C13H25NO2/c1-10(2)13(3)9-14-8-12(16-13)11-4-6-15-7-5-11/h10-12,14H,4-9H2,1-3H3. The molecule has 0 aromatic carbocycles. The zero-order chi connectivity index (χ0) is 11.6. The molecule has 1 N–H and O–H groups in total. The lowest BCUT2D eigenvalue weighted by atomic mass is 9.87. The minimum Gasteiger partial charge on any atom is -0.381 e. The van der Waals surface area contributed by atoms with Crippen LogP contribution in [0.25, 0.3) is 0 Å². The first-order valence-electron chi connectivity index (χ1n) is 6.58. The van der Waals surface area contributed by atoms with Crippen molar-refractivity contribution in [2.24, 2.45) is 11.8 Å². The summed E-state index contributed by atoms with van der Waals surface area (Å²) in [5.41, 5.74) is 0.00121. The van der Waals surface area contributed by atoms with Gasteiger partial charge in [0.15, 0.2) is 0 Å². The topological polar surface area (TPSA) is 30.5 Å². The molecule has 2 heterocycles. The molecule has 2 rings (SSSR count). The number of hydrogen-bond acceptors (Lipinski definition) is 3. The van der Waals surface area contributed by atoms with Crippen molar-refractivity contribution in [3.8, 4) is 0 Å². The predicted octanol–water partition coefficient (Wildman–Crippen LogP) is 1.82. The molecule has 3 nitrogen and oxygen atoms in total. The van der Waals surface area contributed by atoms with Gasteiger partial charge in [-0.05, 0) is 31.6 Å². The number of nitrogens with one attached hydrogen (secondary N) is 1. The van der Waals surface area contributed by atoms with Crippen molar-refractivity contribution in [1.29, 1.82) is 0 Å². The van der Waals surface area contributed by atoms with E-state index in [9.17, 15) is 0 Å². The molecule has 0 radical (unpaired) electrons. The van der Waals surface area contributed by atoms with E-state index < -0.39 is 0 Å². The van der Waals surface area contributed by atoms with Crippen LogP contribution in [-0.2, 0) is 9.47 Å². The highest BCUT2D eigenvalue weighted by atomic mass is 16.5. The van der Waals surface area contributed by atoms with Crippen LogP contribution in [0.2, 0.25) is 0 Å². The minimum atomic E-state index is 0.00121. The lowest BCUT2D eigenvalue weighted by molar-refractivity contribution is -0.158. The van der Waals surface area contributed by atoms with Crippen LogP contribution in [0.1, 0.15) is 33.6 Å². The Labute approximate surface area is 98.9 Å². The fraction of sp³-hybridized carbons (Fsp3) is 1.00. The summed E-state index contributed by atoms with van der Waals surface area (Å²) in [5, 5.41) is 3.54. The molecule has 0 spiro atoms. The van der Waals surface area contributed by atoms with Gasteiger partial charge in [-0.15, -0.1) is 0 Å². The minimum absolute atomic E-state index is 0.00121. The lowest BCUT2D eigenvalue weighted by Crippen LogP contribution is -2.57. The maximum atomic E-state index is 6.36. The molecule has 2 saturated heterocycles. The third-order valence-electron chi connectivity index (χ3n) is 4.26. The fourth-order valence-electron chi connectivity index (χ4n) is 2.58. The van der Waals surface area contributed by atoms with Gasteiger partial charge in [0.2, 0.25) is 0 Å². The molecule has 0 saturated carbocycles. The predicted molar refractivity (Wildman–Crippen MR) is 64.5 cm³/mol. The van der Waals surface area contributed by atoms with Crippen molar-refractivity contribution < 1.29 is 9.47 Å². The summed E-state index contributed by atoms with van der Waals surface area (Å²) in [7, 11) is 0. The summed E-state index contributed by atoms with van der Waals surface area (Å²) in [4.78, 5) is 0. The number of rotatable bonds is 2. The van der Waals surface area contributed by atoms with Crippen molar-refractivity contribution in [2.45, 2.75) is 45.3 Å². The van der Waals surface area contributed by atoms with Crippen molar-refractivity contribution in [3.05, 3.63) is 0 Å². The van der Waals surface area contributed by atoms with Crippen LogP contribution in [0, 0.1) is 11.8 Å². The van der Waals surface area contributed by atoms with E-state index in [1.807, 2.05) is 0 Å². The van der Waals surface area contributed by atoms with Crippen molar-refractivity contribution in [3.63, 3.8) is 0 Å². The summed E-state index contributed by atoms with van der Waals surface area (Å²) >= 11 is 0. The average molecular weight is 227 g/mol. The Bertz CT molecular complexity index is 226. The third-order valence-corrected chi connectivity index (χ3v) is 4.26. The normalized spacial score (nSPS) is 37.9. The van der Waals surface area contributed by atoms with Gasteiger partial charge in [-0.25, -0.2) is 0 Å². The highest BCUT2D eigenvalue weighted by Gasteiger charge is 2.38. The first-order chi connectivity index (χ1) is 7.62. The Balaban J connectivity index is 1.95. The van der Waals surface area contributed by atoms with Gasteiger partial charge in [-0.3, -0.25) is 0 Å². The summed E-state index contributed by atoms with van der Waals surface area (Å²) in [5.74, 6) is 1.24. The van der Waals surface area contributed by atoms with Crippen LogP contribution in [0.5, 0.6) is 0 Å². The molecule has 3 heteroatoms. The zero-order valence-electron chi connectivity index (χ0n) is 10.8. The Hall–Kier alpha value is -0.120. The largest absolute Gasteiger partial charge is 0.381 e. The van der Waals surface area contributed by atoms with E-state index >= 15 is 0 Å². The van der Waals surface area contributed by atoms with Crippen molar-refractivity contribution >= 4 is 0 Å². The molecule has 0 aromatic heterocycles. The SMILES string of the molecule is CC(C)C1(C)CNCC(C2CCOCC2)O1. The third kappa shape index (κ3) is 2.58. The number of morpholine rings is 1. The highest BCUT2D eigenvalue weighted by molar-refractivity contribution is 4.90. The lowest BCUT2D eigenvalue weighted by Gasteiger charge is -2.45. The first-order valence-corrected chi connectivity index (χ1v) is 6.58. The number of hydrogen-bond donors (Lipinski definition) is 1. The molecule has 2 aliphatic heterocycles. The molecule has 0 amide bonds. The van der Waals surface area contributed by atoms with Gasteiger partial charge in [0.1, 0.15) is 0 Å². The fourth-order valence-corrected chi connectivity index (χ4v) is 2.58. The van der Waals surface area contributed by atoms with Crippen LogP contribution in [0.3, 0.4) is 0 Å². The molecule has 0 aliphatic carbocycles. The van der Waals surface area contributed by atoms with E-state index in [1.165, 1.54) is 0 Å². The molecule has 2 aliphatic rings. The second kappa shape index (κ2) is 5.03. The van der Waals surface area contributed by atoms with Crippen LogP contribution in [0.15, 0.2) is 0 Å². The Kier molecular flexibility index (Phi) is 3.88. The molecular weight excluding hydrogens is 202 g/mol. The smallest absolute Gasteiger partial charge is 0.0805 e. The van der Waals surface area contributed by atoms with E-state index in [1.54, 1.807) is 0 Å². The maximum Gasteiger partial charge on any atom is 0.0805 e. The van der Waals surface area contributed by atoms with E-state index in [0.29, 0.717) is 17.9 Å². The molecule has 2 fully saturated rings. The monoisotopic (exact) mass is 227 g/mol. The molecule has 2 unspecified atom stereocenters. The Morgan fingerprint density at radius 2 is 1.94 bits per heavy atom.